The number of nitrogens with two attached hydrogens (primary N) is 1. The molecule has 0 atom stereocenters. The predicted octanol–water partition coefficient (Wildman–Crippen LogP) is 0.556. The number of guanidine groups is 1. The number of nitrogens with zero attached hydrogens (tertiary/aromatic N) is 2. The molecule has 0 amide bonds. The van der Waals surface area contributed by atoms with Gasteiger partial charge < -0.3 is 15.8 Å². The molecule has 5 heteroatoms. The molecule has 0 aromatic heterocycles. The fourth-order valence-corrected chi connectivity index (χ4v) is 2.99. The molecule has 19 heavy (non-hydrogen) atoms. The molecule has 2 saturated carbocycles. The Labute approximate surface area is 115 Å². The molecule has 1 heterocycles. The van der Waals surface area contributed by atoms with Gasteiger partial charge in [0.25, 0.3) is 0 Å². The Bertz CT molecular complexity index is 330. The monoisotopic (exact) mass is 266 g/mol. The van der Waals surface area contributed by atoms with Crippen molar-refractivity contribution in [3.05, 3.63) is 0 Å². The molecular weight excluding hydrogens is 240 g/mol. The zero-order valence-electron chi connectivity index (χ0n) is 11.7. The van der Waals surface area contributed by atoms with Gasteiger partial charge in [0.1, 0.15) is 0 Å². The fraction of sp³-hybridized carbons (Fsp3) is 0.929. The van der Waals surface area contributed by atoms with E-state index >= 15 is 0 Å². The first-order chi connectivity index (χ1) is 9.28. The van der Waals surface area contributed by atoms with E-state index in [-0.39, 0.29) is 0 Å². The number of rotatable bonds is 5. The van der Waals surface area contributed by atoms with E-state index < -0.39 is 0 Å². The van der Waals surface area contributed by atoms with Gasteiger partial charge in [-0.3, -0.25) is 9.89 Å². The average Bonchev–Trinajstić information content (AvgIpc) is 3.17. The van der Waals surface area contributed by atoms with Crippen molar-refractivity contribution in [1.82, 2.24) is 10.2 Å². The van der Waals surface area contributed by atoms with Crippen LogP contribution in [0.1, 0.15) is 32.1 Å². The van der Waals surface area contributed by atoms with Gasteiger partial charge in [-0.1, -0.05) is 6.42 Å². The smallest absolute Gasteiger partial charge is 0.188 e. The van der Waals surface area contributed by atoms with Crippen LogP contribution < -0.4 is 11.1 Å². The third kappa shape index (κ3) is 3.20. The van der Waals surface area contributed by atoms with Crippen molar-refractivity contribution < 1.29 is 4.74 Å². The SMILES string of the molecule is NC(=NCC1(N2CCOCC2)CC1)NCC1CCC1. The quantitative estimate of drug-likeness (QED) is 0.564. The second-order valence-electron chi connectivity index (χ2n) is 6.20. The van der Waals surface area contributed by atoms with Gasteiger partial charge in [0.15, 0.2) is 5.96 Å². The number of hydrogen-bond donors (Lipinski definition) is 2. The minimum atomic E-state index is 0.298. The molecule has 1 saturated heterocycles. The largest absolute Gasteiger partial charge is 0.379 e. The predicted molar refractivity (Wildman–Crippen MR) is 76.2 cm³/mol. The van der Waals surface area contributed by atoms with Gasteiger partial charge in [0.05, 0.1) is 19.8 Å². The Kier molecular flexibility index (Phi) is 3.93. The van der Waals surface area contributed by atoms with Gasteiger partial charge >= 0.3 is 0 Å². The van der Waals surface area contributed by atoms with E-state index in [0.29, 0.717) is 11.5 Å². The van der Waals surface area contributed by atoms with Gasteiger partial charge in [0, 0.05) is 25.2 Å². The van der Waals surface area contributed by atoms with Crippen LogP contribution in [0.25, 0.3) is 0 Å². The van der Waals surface area contributed by atoms with Gasteiger partial charge in [0.2, 0.25) is 0 Å². The van der Waals surface area contributed by atoms with Crippen LogP contribution in [0.15, 0.2) is 4.99 Å². The van der Waals surface area contributed by atoms with Crippen LogP contribution in [0.3, 0.4) is 0 Å². The Balaban J connectivity index is 1.44. The second-order valence-corrected chi connectivity index (χ2v) is 6.20. The Morgan fingerprint density at radius 2 is 2.05 bits per heavy atom. The maximum absolute atomic E-state index is 5.96. The lowest BCUT2D eigenvalue weighted by molar-refractivity contribution is 0.0117. The van der Waals surface area contributed by atoms with E-state index in [1.807, 2.05) is 0 Å². The molecule has 0 aromatic rings. The van der Waals surface area contributed by atoms with Crippen molar-refractivity contribution in [3.63, 3.8) is 0 Å². The molecule has 0 radical (unpaired) electrons. The first kappa shape index (κ1) is 13.2. The van der Waals surface area contributed by atoms with Crippen LogP contribution in [-0.4, -0.2) is 55.8 Å². The summed E-state index contributed by atoms with van der Waals surface area (Å²) in [5, 5.41) is 3.27. The van der Waals surface area contributed by atoms with Crippen molar-refractivity contribution in [1.29, 1.82) is 0 Å². The summed E-state index contributed by atoms with van der Waals surface area (Å²) in [5.41, 5.74) is 6.26. The summed E-state index contributed by atoms with van der Waals surface area (Å²) in [6.45, 7) is 5.66. The van der Waals surface area contributed by atoms with Crippen LogP contribution in [0, 0.1) is 5.92 Å². The number of morpholine rings is 1. The molecule has 2 aliphatic carbocycles. The van der Waals surface area contributed by atoms with Crippen molar-refractivity contribution >= 4 is 5.96 Å². The van der Waals surface area contributed by atoms with E-state index in [1.54, 1.807) is 0 Å². The van der Waals surface area contributed by atoms with Crippen LogP contribution in [0.4, 0.5) is 0 Å². The number of nitrogens with one attached hydrogen (secondary N) is 1. The third-order valence-electron chi connectivity index (χ3n) is 4.85. The van der Waals surface area contributed by atoms with Gasteiger partial charge in [-0.25, -0.2) is 0 Å². The molecule has 3 N–H and O–H groups in total. The molecule has 5 nitrogen and oxygen atoms in total. The Hall–Kier alpha value is -0.810. The topological polar surface area (TPSA) is 62.9 Å². The zero-order valence-corrected chi connectivity index (χ0v) is 11.7. The van der Waals surface area contributed by atoms with E-state index in [9.17, 15) is 0 Å². The standard InChI is InChI=1S/C14H26N4O/c15-13(16-10-12-2-1-3-12)17-11-14(4-5-14)18-6-8-19-9-7-18/h12H,1-11H2,(H3,15,16,17). The van der Waals surface area contributed by atoms with E-state index in [0.717, 1.165) is 45.3 Å². The van der Waals surface area contributed by atoms with Crippen molar-refractivity contribution in [2.75, 3.05) is 39.4 Å². The normalized spacial score (nSPS) is 27.9. The summed E-state index contributed by atoms with van der Waals surface area (Å²) in [5.74, 6) is 1.45. The van der Waals surface area contributed by atoms with Gasteiger partial charge in [-0.15, -0.1) is 0 Å². The highest BCUT2D eigenvalue weighted by Gasteiger charge is 2.48. The summed E-state index contributed by atoms with van der Waals surface area (Å²) in [6, 6.07) is 0. The molecule has 3 aliphatic rings. The molecule has 108 valence electrons. The maximum Gasteiger partial charge on any atom is 0.188 e. The molecule has 0 aromatic carbocycles. The number of ether oxygens (including phenoxy) is 1. The summed E-state index contributed by atoms with van der Waals surface area (Å²) in [7, 11) is 0. The summed E-state index contributed by atoms with van der Waals surface area (Å²) < 4.78 is 5.42. The highest BCUT2D eigenvalue weighted by molar-refractivity contribution is 5.77. The van der Waals surface area contributed by atoms with Gasteiger partial charge in [-0.2, -0.15) is 0 Å². The minimum absolute atomic E-state index is 0.298. The summed E-state index contributed by atoms with van der Waals surface area (Å²) >= 11 is 0. The molecule has 1 aliphatic heterocycles. The van der Waals surface area contributed by atoms with Crippen molar-refractivity contribution in [3.8, 4) is 0 Å². The highest BCUT2D eigenvalue weighted by atomic mass is 16.5. The lowest BCUT2D eigenvalue weighted by Gasteiger charge is -2.34. The summed E-state index contributed by atoms with van der Waals surface area (Å²) in [4.78, 5) is 7.11. The Morgan fingerprint density at radius 1 is 1.32 bits per heavy atom. The first-order valence-corrected chi connectivity index (χ1v) is 7.65. The van der Waals surface area contributed by atoms with E-state index in [4.69, 9.17) is 10.5 Å². The lowest BCUT2D eigenvalue weighted by atomic mass is 9.85. The summed E-state index contributed by atoms with van der Waals surface area (Å²) in [6.07, 6.45) is 6.58. The average molecular weight is 266 g/mol. The molecule has 0 bridgehead atoms. The van der Waals surface area contributed by atoms with Crippen molar-refractivity contribution in [2.45, 2.75) is 37.6 Å². The molecular formula is C14H26N4O. The van der Waals surface area contributed by atoms with Gasteiger partial charge in [-0.05, 0) is 31.6 Å². The minimum Gasteiger partial charge on any atom is -0.379 e. The van der Waals surface area contributed by atoms with Crippen molar-refractivity contribution in [2.24, 2.45) is 16.6 Å². The molecule has 3 fully saturated rings. The zero-order chi connectivity index (χ0) is 13.1. The Morgan fingerprint density at radius 3 is 2.63 bits per heavy atom. The molecule has 3 rings (SSSR count). The highest BCUT2D eigenvalue weighted by Crippen LogP contribution is 2.42. The van der Waals surface area contributed by atoms with Crippen LogP contribution in [0.2, 0.25) is 0 Å². The van der Waals surface area contributed by atoms with E-state index in [2.05, 4.69) is 15.2 Å². The lowest BCUT2D eigenvalue weighted by Crippen LogP contribution is -2.47. The van der Waals surface area contributed by atoms with Crippen LogP contribution in [-0.2, 0) is 4.74 Å². The number of aliphatic imine (C=N–C) groups is 1. The van der Waals surface area contributed by atoms with Crippen LogP contribution >= 0.6 is 0 Å². The molecule has 0 spiro atoms. The molecule has 0 unspecified atom stereocenters. The maximum atomic E-state index is 5.96. The first-order valence-electron chi connectivity index (χ1n) is 7.65. The fourth-order valence-electron chi connectivity index (χ4n) is 2.99. The number of hydrogen-bond acceptors (Lipinski definition) is 3. The van der Waals surface area contributed by atoms with Crippen LogP contribution in [0.5, 0.6) is 0 Å². The second kappa shape index (κ2) is 5.67. The van der Waals surface area contributed by atoms with E-state index in [1.165, 1.54) is 32.1 Å². The third-order valence-corrected chi connectivity index (χ3v) is 4.85.